The summed E-state index contributed by atoms with van der Waals surface area (Å²) < 4.78 is 27.1. The highest BCUT2D eigenvalue weighted by molar-refractivity contribution is 7.80. The van der Waals surface area contributed by atoms with Crippen LogP contribution in [0.15, 0.2) is 23.2 Å². The molecule has 1 aromatic rings. The maximum Gasteiger partial charge on any atom is 0.303 e. The zero-order chi connectivity index (χ0) is 30.6. The van der Waals surface area contributed by atoms with Gasteiger partial charge in [0.1, 0.15) is 12.7 Å². The minimum Gasteiger partial charge on any atom is -0.463 e. The van der Waals surface area contributed by atoms with Crippen LogP contribution in [-0.2, 0) is 42.9 Å². The molecular weight excluding hydrogens is 570 g/mol. The van der Waals surface area contributed by atoms with Gasteiger partial charge < -0.3 is 29.4 Å². The molecular formula is C23H25N5O12S. The summed E-state index contributed by atoms with van der Waals surface area (Å²) in [7, 11) is 0. The number of nitro groups is 1. The zero-order valence-corrected chi connectivity index (χ0v) is 22.9. The number of nitrogens with one attached hydrogen (secondary N) is 1. The predicted octanol–water partition coefficient (Wildman–Crippen LogP) is -0.0456. The Morgan fingerprint density at radius 1 is 1.05 bits per heavy atom. The third-order valence-corrected chi connectivity index (χ3v) is 5.76. The molecule has 0 radical (unpaired) electrons. The molecule has 3 N–H and O–H groups in total. The average molecular weight is 596 g/mol. The minimum atomic E-state index is -1.60. The lowest BCUT2D eigenvalue weighted by Crippen LogP contribution is -2.70. The number of esters is 4. The smallest absolute Gasteiger partial charge is 0.303 e. The minimum absolute atomic E-state index is 0.0915. The first kappa shape index (κ1) is 30.8. The number of ketones is 1. The number of rotatable bonds is 7. The van der Waals surface area contributed by atoms with Crippen molar-refractivity contribution in [2.75, 3.05) is 6.61 Å². The summed E-state index contributed by atoms with van der Waals surface area (Å²) in [6.45, 7) is 3.75. The number of carbonyl (C=O) groups excluding carboxylic acids is 5. The molecule has 5 atom stereocenters. The summed E-state index contributed by atoms with van der Waals surface area (Å²) in [5, 5.41) is 11.5. The van der Waals surface area contributed by atoms with Crippen LogP contribution in [0.4, 0.5) is 11.4 Å². The number of nitrogens with zero attached hydrogens (tertiary/aromatic N) is 3. The highest BCUT2D eigenvalue weighted by Crippen LogP contribution is 2.32. The summed E-state index contributed by atoms with van der Waals surface area (Å²) >= 11 is 5.14. The summed E-state index contributed by atoms with van der Waals surface area (Å²) in [5.74, 6) is -4.45. The second-order valence-electron chi connectivity index (χ2n) is 8.66. The van der Waals surface area contributed by atoms with E-state index < -0.39 is 76.9 Å². The molecule has 41 heavy (non-hydrogen) atoms. The van der Waals surface area contributed by atoms with Crippen molar-refractivity contribution in [3.8, 4) is 0 Å². The Balaban J connectivity index is 2.05. The Morgan fingerprint density at radius 3 is 2.17 bits per heavy atom. The van der Waals surface area contributed by atoms with Gasteiger partial charge >= 0.3 is 23.9 Å². The van der Waals surface area contributed by atoms with Crippen molar-refractivity contribution >= 4 is 64.2 Å². The molecule has 1 saturated heterocycles. The first-order valence-corrected chi connectivity index (χ1v) is 12.2. The number of hydrazine groups is 1. The summed E-state index contributed by atoms with van der Waals surface area (Å²) in [6.07, 6.45) is -7.51. The van der Waals surface area contributed by atoms with E-state index in [9.17, 15) is 34.1 Å². The number of nitrogens with two attached hydrogens (primary N) is 1. The summed E-state index contributed by atoms with van der Waals surface area (Å²) in [5.41, 5.74) is 8.16. The number of amidine groups is 1. The van der Waals surface area contributed by atoms with Gasteiger partial charge in [-0.05, 0) is 18.3 Å². The second kappa shape index (κ2) is 12.6. The van der Waals surface area contributed by atoms with E-state index in [1.165, 1.54) is 6.07 Å². The Morgan fingerprint density at radius 2 is 1.63 bits per heavy atom. The van der Waals surface area contributed by atoms with Gasteiger partial charge in [0.15, 0.2) is 35.5 Å². The molecule has 0 unspecified atom stereocenters. The predicted molar refractivity (Wildman–Crippen MR) is 138 cm³/mol. The van der Waals surface area contributed by atoms with Crippen molar-refractivity contribution in [3.63, 3.8) is 0 Å². The normalized spacial score (nSPS) is 22.9. The summed E-state index contributed by atoms with van der Waals surface area (Å²) in [4.78, 5) is 75.3. The van der Waals surface area contributed by atoms with E-state index in [1.54, 1.807) is 0 Å². The molecule has 3 rings (SSSR count). The number of non-ortho nitro benzene ring substituents is 1. The van der Waals surface area contributed by atoms with E-state index in [0.717, 1.165) is 44.8 Å². The van der Waals surface area contributed by atoms with Crippen molar-refractivity contribution in [1.82, 2.24) is 10.4 Å². The Kier molecular flexibility index (Phi) is 9.51. The van der Waals surface area contributed by atoms with Gasteiger partial charge in [-0.1, -0.05) is 0 Å². The Hall–Kier alpha value is -4.71. The second-order valence-corrected chi connectivity index (χ2v) is 9.08. The fourth-order valence-corrected chi connectivity index (χ4v) is 4.21. The van der Waals surface area contributed by atoms with Gasteiger partial charge in [0.2, 0.25) is 5.78 Å². The molecule has 0 aromatic heterocycles. The first-order chi connectivity index (χ1) is 19.2. The Labute approximate surface area is 237 Å². The fraction of sp³-hybridized carbons (Fsp3) is 0.435. The highest BCUT2D eigenvalue weighted by Gasteiger charge is 2.54. The van der Waals surface area contributed by atoms with Gasteiger partial charge in [-0.2, -0.15) is 0 Å². The molecule has 0 bridgehead atoms. The monoisotopic (exact) mass is 595 g/mol. The number of carbonyl (C=O) groups is 5. The van der Waals surface area contributed by atoms with Gasteiger partial charge in [0, 0.05) is 39.8 Å². The number of ether oxygens (including phenoxy) is 5. The van der Waals surface area contributed by atoms with Crippen LogP contribution in [0.2, 0.25) is 0 Å². The van der Waals surface area contributed by atoms with E-state index >= 15 is 0 Å². The van der Waals surface area contributed by atoms with Gasteiger partial charge in [-0.15, -0.1) is 0 Å². The van der Waals surface area contributed by atoms with Crippen LogP contribution in [0.25, 0.3) is 0 Å². The van der Waals surface area contributed by atoms with Gasteiger partial charge in [-0.25, -0.2) is 10.0 Å². The molecule has 0 aliphatic carbocycles. The number of hydrogen-bond acceptors (Lipinski definition) is 15. The quantitative estimate of drug-likeness (QED) is 0.138. The van der Waals surface area contributed by atoms with Crippen LogP contribution >= 0.6 is 12.2 Å². The molecule has 17 nitrogen and oxygen atoms in total. The highest BCUT2D eigenvalue weighted by atomic mass is 32.1. The van der Waals surface area contributed by atoms with Crippen molar-refractivity contribution in [2.24, 2.45) is 10.7 Å². The molecule has 0 spiro atoms. The fourth-order valence-electron chi connectivity index (χ4n) is 4.06. The van der Waals surface area contributed by atoms with Gasteiger partial charge in [0.25, 0.3) is 5.69 Å². The number of nitro benzene ring substituents is 1. The maximum atomic E-state index is 13.1. The van der Waals surface area contributed by atoms with E-state index in [4.69, 9.17) is 41.6 Å². The SMILES string of the molecule is CC(=O)OC[C@H]1O[C@@H](N(NC2=Nc3ccc([N+](=O)[O-])cc3C2=O)C(N)=S)[C@H](OC(C)=O)[C@@H](OC(C)=O)[C@H]1OC(C)=O. The third-order valence-electron chi connectivity index (χ3n) is 5.57. The summed E-state index contributed by atoms with van der Waals surface area (Å²) in [6, 6.07) is 3.46. The number of fused-ring (bicyclic) bond motifs is 1. The molecule has 1 fully saturated rings. The first-order valence-electron chi connectivity index (χ1n) is 11.8. The average Bonchev–Trinajstić information content (AvgIpc) is 3.17. The molecule has 18 heteroatoms. The van der Waals surface area contributed by atoms with E-state index in [2.05, 4.69) is 10.4 Å². The number of aliphatic imine (C=N–C) groups is 1. The molecule has 2 aliphatic rings. The van der Waals surface area contributed by atoms with Crippen LogP contribution < -0.4 is 11.2 Å². The molecule has 1 aromatic carbocycles. The molecule has 220 valence electrons. The largest absolute Gasteiger partial charge is 0.463 e. The van der Waals surface area contributed by atoms with Gasteiger partial charge in [-0.3, -0.25) is 39.5 Å². The lowest BCUT2D eigenvalue weighted by molar-refractivity contribution is -0.384. The zero-order valence-electron chi connectivity index (χ0n) is 22.1. The van der Waals surface area contributed by atoms with Crippen LogP contribution in [0.3, 0.4) is 0 Å². The lowest BCUT2D eigenvalue weighted by atomic mass is 9.97. The van der Waals surface area contributed by atoms with Crippen molar-refractivity contribution in [2.45, 2.75) is 58.3 Å². The Bertz CT molecular complexity index is 1330. The van der Waals surface area contributed by atoms with Crippen molar-refractivity contribution in [3.05, 3.63) is 33.9 Å². The van der Waals surface area contributed by atoms with E-state index in [-0.39, 0.29) is 22.8 Å². The standard InChI is InChI=1S/C23H25N5O12S/c1-9(29)36-8-16-18(37-10(2)30)19(38-11(3)31)20(39-12(4)32)22(40-16)27(23(24)41)26-21-17(33)14-7-13(28(34)35)5-6-15(14)25-21/h5-7,16,18-20,22H,8H2,1-4H3,(H2,24,41)(H,25,26,33)/t16-,18+,19+,20-,22-/m1/s1. The van der Waals surface area contributed by atoms with Crippen LogP contribution in [0, 0.1) is 10.1 Å². The van der Waals surface area contributed by atoms with Gasteiger partial charge in [0.05, 0.1) is 16.2 Å². The maximum absolute atomic E-state index is 13.1. The van der Waals surface area contributed by atoms with Crippen LogP contribution in [-0.4, -0.2) is 87.8 Å². The molecule has 0 saturated carbocycles. The third kappa shape index (κ3) is 7.28. The van der Waals surface area contributed by atoms with Crippen LogP contribution in [0.5, 0.6) is 0 Å². The molecule has 0 amide bonds. The van der Waals surface area contributed by atoms with Crippen molar-refractivity contribution < 1.29 is 52.6 Å². The number of Topliss-reactive ketones (excluding diaryl/α,β-unsaturated/α-hetero) is 1. The van der Waals surface area contributed by atoms with E-state index in [1.807, 2.05) is 0 Å². The number of hydrogen-bond donors (Lipinski definition) is 2. The molecule has 2 heterocycles. The number of benzene rings is 1. The molecule has 2 aliphatic heterocycles. The van der Waals surface area contributed by atoms with Crippen LogP contribution in [0.1, 0.15) is 38.1 Å². The topological polar surface area (TPSA) is 228 Å². The number of thiocarbonyl (C=S) groups is 1. The lowest BCUT2D eigenvalue weighted by Gasteiger charge is -2.47. The van der Waals surface area contributed by atoms with E-state index in [0.29, 0.717) is 0 Å². The van der Waals surface area contributed by atoms with Crippen molar-refractivity contribution in [1.29, 1.82) is 0 Å².